The molecule has 1 aromatic heterocycles. The third-order valence-corrected chi connectivity index (χ3v) is 3.34. The minimum Gasteiger partial charge on any atom is -0.444 e. The molecule has 0 N–H and O–H groups in total. The van der Waals surface area contributed by atoms with Crippen LogP contribution in [0.4, 0.5) is 10.6 Å². The van der Waals surface area contributed by atoms with Gasteiger partial charge in [-0.1, -0.05) is 0 Å². The zero-order valence-electron chi connectivity index (χ0n) is 13.4. The van der Waals surface area contributed by atoms with E-state index in [9.17, 15) is 4.79 Å². The monoisotopic (exact) mass is 303 g/mol. The molecule has 1 aromatic rings. The van der Waals surface area contributed by atoms with Crippen LogP contribution in [0.15, 0.2) is 12.4 Å². The molecule has 0 aliphatic carbocycles. The molecule has 1 saturated heterocycles. The van der Waals surface area contributed by atoms with E-state index in [1.807, 2.05) is 32.6 Å². The third kappa shape index (κ3) is 3.64. The lowest BCUT2D eigenvalue weighted by Gasteiger charge is -2.40. The van der Waals surface area contributed by atoms with E-state index in [0.717, 1.165) is 0 Å². The van der Waals surface area contributed by atoms with E-state index in [4.69, 9.17) is 10.00 Å². The SMILES string of the molecule is CC1CN(c2nccnc2C#N)CCN1C(=O)OC(C)(C)C. The van der Waals surface area contributed by atoms with Crippen LogP contribution >= 0.6 is 0 Å². The van der Waals surface area contributed by atoms with E-state index in [2.05, 4.69) is 16.0 Å². The number of piperazine rings is 1. The molecule has 0 saturated carbocycles. The molecular weight excluding hydrogens is 282 g/mol. The average Bonchev–Trinajstić information content (AvgIpc) is 2.45. The summed E-state index contributed by atoms with van der Waals surface area (Å²) in [4.78, 5) is 24.2. The van der Waals surface area contributed by atoms with Crippen LogP contribution in [0.2, 0.25) is 0 Å². The van der Waals surface area contributed by atoms with Crippen molar-refractivity contribution in [2.45, 2.75) is 39.3 Å². The minimum atomic E-state index is -0.507. The fourth-order valence-electron chi connectivity index (χ4n) is 2.38. The van der Waals surface area contributed by atoms with E-state index in [0.29, 0.717) is 31.1 Å². The number of ether oxygens (including phenoxy) is 1. The van der Waals surface area contributed by atoms with E-state index >= 15 is 0 Å². The normalized spacial score (nSPS) is 18.8. The van der Waals surface area contributed by atoms with Gasteiger partial charge in [0.1, 0.15) is 11.7 Å². The third-order valence-electron chi connectivity index (χ3n) is 3.34. The van der Waals surface area contributed by atoms with E-state index in [1.165, 1.54) is 6.20 Å². The first-order valence-corrected chi connectivity index (χ1v) is 7.27. The van der Waals surface area contributed by atoms with Gasteiger partial charge in [0, 0.05) is 38.1 Å². The van der Waals surface area contributed by atoms with Crippen LogP contribution in [-0.2, 0) is 4.74 Å². The smallest absolute Gasteiger partial charge is 0.410 e. The Labute approximate surface area is 130 Å². The lowest BCUT2D eigenvalue weighted by Crippen LogP contribution is -2.55. The molecule has 1 amide bonds. The van der Waals surface area contributed by atoms with Crippen molar-refractivity contribution in [2.75, 3.05) is 24.5 Å². The van der Waals surface area contributed by atoms with Crippen LogP contribution in [-0.4, -0.2) is 52.2 Å². The Hall–Kier alpha value is -2.36. The van der Waals surface area contributed by atoms with Gasteiger partial charge in [-0.3, -0.25) is 0 Å². The summed E-state index contributed by atoms with van der Waals surface area (Å²) in [6.45, 7) is 9.22. The highest BCUT2D eigenvalue weighted by Crippen LogP contribution is 2.20. The molecule has 1 aliphatic heterocycles. The maximum absolute atomic E-state index is 12.2. The highest BCUT2D eigenvalue weighted by atomic mass is 16.6. The number of carbonyl (C=O) groups excluding carboxylic acids is 1. The molecule has 2 rings (SSSR count). The Kier molecular flexibility index (Phi) is 4.50. The van der Waals surface area contributed by atoms with Crippen LogP contribution < -0.4 is 4.90 Å². The van der Waals surface area contributed by atoms with Crippen LogP contribution in [0.1, 0.15) is 33.4 Å². The van der Waals surface area contributed by atoms with E-state index in [1.54, 1.807) is 11.1 Å². The van der Waals surface area contributed by atoms with Gasteiger partial charge in [0.2, 0.25) is 0 Å². The largest absolute Gasteiger partial charge is 0.444 e. The van der Waals surface area contributed by atoms with Crippen molar-refractivity contribution in [3.8, 4) is 6.07 Å². The van der Waals surface area contributed by atoms with Crippen LogP contribution in [0, 0.1) is 11.3 Å². The van der Waals surface area contributed by atoms with Gasteiger partial charge in [-0.25, -0.2) is 14.8 Å². The predicted octanol–water partition coefficient (Wildman–Crippen LogP) is 1.79. The van der Waals surface area contributed by atoms with E-state index < -0.39 is 5.60 Å². The van der Waals surface area contributed by atoms with Crippen molar-refractivity contribution in [3.05, 3.63) is 18.1 Å². The summed E-state index contributed by atoms with van der Waals surface area (Å²) < 4.78 is 5.42. The summed E-state index contributed by atoms with van der Waals surface area (Å²) in [7, 11) is 0. The molecular formula is C15H21N5O2. The molecule has 7 heteroatoms. The van der Waals surface area contributed by atoms with Crippen molar-refractivity contribution in [1.82, 2.24) is 14.9 Å². The number of anilines is 1. The molecule has 0 aromatic carbocycles. The molecule has 1 aliphatic rings. The molecule has 1 fully saturated rings. The maximum Gasteiger partial charge on any atom is 0.410 e. The second-order valence-corrected chi connectivity index (χ2v) is 6.31. The summed E-state index contributed by atoms with van der Waals surface area (Å²) in [6.07, 6.45) is 2.77. The first kappa shape index (κ1) is 16.0. The second-order valence-electron chi connectivity index (χ2n) is 6.31. The molecule has 22 heavy (non-hydrogen) atoms. The van der Waals surface area contributed by atoms with Crippen molar-refractivity contribution in [3.63, 3.8) is 0 Å². The van der Waals surface area contributed by atoms with Crippen molar-refractivity contribution in [1.29, 1.82) is 5.26 Å². The van der Waals surface area contributed by atoms with Gasteiger partial charge in [-0.15, -0.1) is 0 Å². The van der Waals surface area contributed by atoms with Gasteiger partial charge in [0.25, 0.3) is 0 Å². The minimum absolute atomic E-state index is 0.0304. The van der Waals surface area contributed by atoms with E-state index in [-0.39, 0.29) is 12.1 Å². The van der Waals surface area contributed by atoms with Gasteiger partial charge < -0.3 is 14.5 Å². The van der Waals surface area contributed by atoms with Gasteiger partial charge in [-0.05, 0) is 27.7 Å². The van der Waals surface area contributed by atoms with Crippen molar-refractivity contribution in [2.24, 2.45) is 0 Å². The molecule has 0 radical (unpaired) electrons. The maximum atomic E-state index is 12.2. The lowest BCUT2D eigenvalue weighted by atomic mass is 10.2. The number of aromatic nitrogens is 2. The van der Waals surface area contributed by atoms with Crippen molar-refractivity contribution < 1.29 is 9.53 Å². The zero-order chi connectivity index (χ0) is 16.3. The summed E-state index contributed by atoms with van der Waals surface area (Å²) >= 11 is 0. The number of hydrogen-bond acceptors (Lipinski definition) is 6. The molecule has 0 spiro atoms. The standard InChI is InChI=1S/C15H21N5O2/c1-11-10-19(13-12(9-16)17-5-6-18-13)7-8-20(11)14(21)22-15(2,3)4/h5-6,11H,7-8,10H2,1-4H3. The average molecular weight is 303 g/mol. The Morgan fingerprint density at radius 1 is 1.36 bits per heavy atom. The highest BCUT2D eigenvalue weighted by molar-refractivity contribution is 5.69. The Bertz CT molecular complexity index is 590. The summed E-state index contributed by atoms with van der Waals surface area (Å²) in [5, 5.41) is 9.12. The van der Waals surface area contributed by atoms with Gasteiger partial charge in [-0.2, -0.15) is 5.26 Å². The van der Waals surface area contributed by atoms with Crippen LogP contribution in [0.5, 0.6) is 0 Å². The first-order valence-electron chi connectivity index (χ1n) is 7.27. The Morgan fingerprint density at radius 2 is 2.05 bits per heavy atom. The van der Waals surface area contributed by atoms with Gasteiger partial charge in [0.05, 0.1) is 0 Å². The van der Waals surface area contributed by atoms with Crippen molar-refractivity contribution >= 4 is 11.9 Å². The Morgan fingerprint density at radius 3 is 2.64 bits per heavy atom. The fourth-order valence-corrected chi connectivity index (χ4v) is 2.38. The van der Waals surface area contributed by atoms with Crippen LogP contribution in [0.3, 0.4) is 0 Å². The molecule has 7 nitrogen and oxygen atoms in total. The lowest BCUT2D eigenvalue weighted by molar-refractivity contribution is 0.0158. The van der Waals surface area contributed by atoms with Crippen LogP contribution in [0.25, 0.3) is 0 Å². The topological polar surface area (TPSA) is 82.4 Å². The van der Waals surface area contributed by atoms with Gasteiger partial charge in [0.15, 0.2) is 11.5 Å². The Balaban J connectivity index is 2.07. The zero-order valence-corrected chi connectivity index (χ0v) is 13.4. The molecule has 2 heterocycles. The fraction of sp³-hybridized carbons (Fsp3) is 0.600. The number of nitrogens with zero attached hydrogens (tertiary/aromatic N) is 5. The summed E-state index contributed by atoms with van der Waals surface area (Å²) in [5.41, 5.74) is -0.201. The molecule has 118 valence electrons. The first-order chi connectivity index (χ1) is 10.3. The highest BCUT2D eigenvalue weighted by Gasteiger charge is 2.32. The summed E-state index contributed by atoms with van der Waals surface area (Å²) in [5.74, 6) is 0.570. The summed E-state index contributed by atoms with van der Waals surface area (Å²) in [6, 6.07) is 2.02. The predicted molar refractivity (Wildman–Crippen MR) is 81.4 cm³/mol. The van der Waals surface area contributed by atoms with Gasteiger partial charge >= 0.3 is 6.09 Å². The number of nitriles is 1. The quantitative estimate of drug-likeness (QED) is 0.786. The number of amides is 1. The molecule has 1 atom stereocenters. The number of hydrogen-bond donors (Lipinski definition) is 0. The number of rotatable bonds is 1. The number of carbonyl (C=O) groups is 1. The molecule has 0 bridgehead atoms. The second kappa shape index (κ2) is 6.18. The molecule has 1 unspecified atom stereocenters.